The Kier molecular flexibility index (Phi) is 5.15. The highest BCUT2D eigenvalue weighted by Gasteiger charge is 2.20. The number of aliphatic hydroxyl groups is 1. The number of ether oxygens (including phenoxy) is 1. The molecule has 0 saturated carbocycles. The number of esters is 1. The van der Waals surface area contributed by atoms with E-state index in [4.69, 9.17) is 4.74 Å². The zero-order chi connectivity index (χ0) is 18.5. The first-order valence-corrected chi connectivity index (χ1v) is 8.67. The van der Waals surface area contributed by atoms with Gasteiger partial charge in [0.2, 0.25) is 0 Å². The number of para-hydroxylation sites is 2. The summed E-state index contributed by atoms with van der Waals surface area (Å²) in [5.41, 5.74) is 1.35. The van der Waals surface area contributed by atoms with Crippen molar-refractivity contribution in [1.29, 1.82) is 5.26 Å². The highest BCUT2D eigenvalue weighted by atomic mass is 32.1. The molecule has 2 N–H and O–H groups in total. The summed E-state index contributed by atoms with van der Waals surface area (Å²) in [4.78, 5) is 20.1. The number of aromatic amines is 1. The number of nitrogens with one attached hydrogen (secondary N) is 1. The van der Waals surface area contributed by atoms with Crippen molar-refractivity contribution in [3.8, 4) is 6.07 Å². The quantitative estimate of drug-likeness (QED) is 0.307. The number of nitrogens with zero attached hydrogens (tertiary/aromatic N) is 2. The molecular formula is C19H15N3O3S. The van der Waals surface area contributed by atoms with Gasteiger partial charge in [-0.1, -0.05) is 18.2 Å². The van der Waals surface area contributed by atoms with E-state index in [1.165, 1.54) is 24.3 Å². The molecule has 1 atom stereocenters. The Morgan fingerprint density at radius 2 is 2.19 bits per heavy atom. The van der Waals surface area contributed by atoms with E-state index < -0.39 is 12.1 Å². The molecule has 6 nitrogen and oxygen atoms in total. The molecule has 130 valence electrons. The molecule has 26 heavy (non-hydrogen) atoms. The van der Waals surface area contributed by atoms with Crippen LogP contribution in [0.2, 0.25) is 0 Å². The molecule has 0 aliphatic carbocycles. The summed E-state index contributed by atoms with van der Waals surface area (Å²) >= 11 is 1.49. The van der Waals surface area contributed by atoms with E-state index in [9.17, 15) is 15.2 Å². The third kappa shape index (κ3) is 3.82. The van der Waals surface area contributed by atoms with Crippen LogP contribution in [0.1, 0.15) is 17.6 Å². The summed E-state index contributed by atoms with van der Waals surface area (Å²) in [5, 5.41) is 21.7. The number of aliphatic hydroxyl groups excluding tert-OH is 1. The number of carbonyl (C=O) groups excluding carboxylic acids is 1. The van der Waals surface area contributed by atoms with Gasteiger partial charge in [0.25, 0.3) is 0 Å². The van der Waals surface area contributed by atoms with Crippen LogP contribution in [-0.2, 0) is 9.53 Å². The fourth-order valence-electron chi connectivity index (χ4n) is 2.31. The molecular weight excluding hydrogens is 350 g/mol. The SMILES string of the molecule is C[C@H](OC(=O)/C=C/c1cccs1)/C(O)=C(\C#N)c1nc2ccccc2[nH]1. The lowest BCUT2D eigenvalue weighted by atomic mass is 10.2. The first kappa shape index (κ1) is 17.5. The van der Waals surface area contributed by atoms with Crippen LogP contribution in [0, 0.1) is 11.3 Å². The van der Waals surface area contributed by atoms with Crippen molar-refractivity contribution in [1.82, 2.24) is 9.97 Å². The van der Waals surface area contributed by atoms with Crippen LogP contribution in [0.15, 0.2) is 53.6 Å². The molecule has 0 aliphatic rings. The Labute approximate surface area is 153 Å². The van der Waals surface area contributed by atoms with Crippen LogP contribution < -0.4 is 0 Å². The van der Waals surface area contributed by atoms with Gasteiger partial charge in [0.05, 0.1) is 11.0 Å². The van der Waals surface area contributed by atoms with E-state index in [1.807, 2.05) is 41.8 Å². The average molecular weight is 365 g/mol. The molecule has 2 aromatic heterocycles. The average Bonchev–Trinajstić information content (AvgIpc) is 3.29. The van der Waals surface area contributed by atoms with E-state index >= 15 is 0 Å². The third-order valence-corrected chi connectivity index (χ3v) is 4.44. The second-order valence-corrected chi connectivity index (χ2v) is 6.38. The van der Waals surface area contributed by atoms with Crippen LogP contribution in [0.25, 0.3) is 22.7 Å². The Bertz CT molecular complexity index is 993. The van der Waals surface area contributed by atoms with Gasteiger partial charge in [0.1, 0.15) is 11.6 Å². The summed E-state index contributed by atoms with van der Waals surface area (Å²) in [6.07, 6.45) is 1.92. The standard InChI is InChI=1S/C19H15N3O3S/c1-12(25-17(23)9-8-13-5-4-10-26-13)18(24)14(11-20)19-21-15-6-2-3-7-16(15)22-19/h2-10,12,24H,1H3,(H,21,22)/b9-8+,18-14-/t12-/m0/s1. The molecule has 1 aromatic carbocycles. The van der Waals surface area contributed by atoms with Gasteiger partial charge >= 0.3 is 5.97 Å². The van der Waals surface area contributed by atoms with Crippen molar-refractivity contribution in [3.63, 3.8) is 0 Å². The lowest BCUT2D eigenvalue weighted by Crippen LogP contribution is -2.17. The number of allylic oxidation sites excluding steroid dienone is 1. The van der Waals surface area contributed by atoms with Gasteiger partial charge in [-0.05, 0) is 36.6 Å². The van der Waals surface area contributed by atoms with E-state index in [0.29, 0.717) is 5.52 Å². The molecule has 0 bridgehead atoms. The maximum atomic E-state index is 11.9. The van der Waals surface area contributed by atoms with Gasteiger partial charge in [-0.15, -0.1) is 11.3 Å². The first-order valence-electron chi connectivity index (χ1n) is 7.79. The molecule has 0 aliphatic heterocycles. The normalized spacial score (nSPS) is 13.4. The van der Waals surface area contributed by atoms with E-state index in [2.05, 4.69) is 9.97 Å². The third-order valence-electron chi connectivity index (χ3n) is 3.60. The number of aromatic nitrogens is 2. The first-order chi connectivity index (χ1) is 12.6. The smallest absolute Gasteiger partial charge is 0.331 e. The number of rotatable bonds is 5. The number of carbonyl (C=O) groups is 1. The maximum absolute atomic E-state index is 11.9. The second kappa shape index (κ2) is 7.68. The molecule has 0 unspecified atom stereocenters. The minimum absolute atomic E-state index is 0.0660. The highest BCUT2D eigenvalue weighted by molar-refractivity contribution is 7.10. The molecule has 0 radical (unpaired) electrons. The number of nitriles is 1. The van der Waals surface area contributed by atoms with E-state index in [1.54, 1.807) is 12.1 Å². The van der Waals surface area contributed by atoms with Crippen molar-refractivity contribution < 1.29 is 14.6 Å². The van der Waals surface area contributed by atoms with Crippen LogP contribution in [-0.4, -0.2) is 27.1 Å². The molecule has 0 saturated heterocycles. The van der Waals surface area contributed by atoms with Gasteiger partial charge in [-0.25, -0.2) is 9.78 Å². The van der Waals surface area contributed by atoms with Crippen molar-refractivity contribution in [2.75, 3.05) is 0 Å². The van der Waals surface area contributed by atoms with Crippen LogP contribution in [0.5, 0.6) is 0 Å². The molecule has 3 aromatic rings. The van der Waals surface area contributed by atoms with Gasteiger partial charge in [0.15, 0.2) is 17.7 Å². The van der Waals surface area contributed by atoms with Gasteiger partial charge in [-0.2, -0.15) is 5.26 Å². The topological polar surface area (TPSA) is 99.0 Å². The van der Waals surface area contributed by atoms with Crippen molar-refractivity contribution in [2.45, 2.75) is 13.0 Å². The fourth-order valence-corrected chi connectivity index (χ4v) is 2.93. The molecule has 3 rings (SSSR count). The molecule has 0 fully saturated rings. The summed E-state index contributed by atoms with van der Waals surface area (Å²) in [7, 11) is 0. The lowest BCUT2D eigenvalue weighted by molar-refractivity contribution is -0.141. The Morgan fingerprint density at radius 3 is 2.88 bits per heavy atom. The number of H-pyrrole nitrogens is 1. The van der Waals surface area contributed by atoms with Crippen molar-refractivity contribution >= 4 is 40.0 Å². The Hall–Kier alpha value is -3.37. The van der Waals surface area contributed by atoms with Crippen molar-refractivity contribution in [2.24, 2.45) is 0 Å². The Balaban J connectivity index is 1.78. The minimum Gasteiger partial charge on any atom is -0.507 e. The summed E-state index contributed by atoms with van der Waals surface area (Å²) in [6, 6.07) is 12.9. The molecule has 7 heteroatoms. The zero-order valence-electron chi connectivity index (χ0n) is 13.8. The predicted octanol–water partition coefficient (Wildman–Crippen LogP) is 4.06. The lowest BCUT2D eigenvalue weighted by Gasteiger charge is -2.12. The van der Waals surface area contributed by atoms with Gasteiger partial charge in [-0.3, -0.25) is 0 Å². The van der Waals surface area contributed by atoms with Crippen molar-refractivity contribution in [3.05, 3.63) is 64.3 Å². The van der Waals surface area contributed by atoms with Crippen LogP contribution >= 0.6 is 11.3 Å². The zero-order valence-corrected chi connectivity index (χ0v) is 14.7. The fraction of sp³-hybridized carbons (Fsp3) is 0.105. The largest absolute Gasteiger partial charge is 0.507 e. The van der Waals surface area contributed by atoms with E-state index in [0.717, 1.165) is 10.4 Å². The molecule has 0 spiro atoms. The number of hydrogen-bond acceptors (Lipinski definition) is 6. The summed E-state index contributed by atoms with van der Waals surface area (Å²) < 4.78 is 5.17. The van der Waals surface area contributed by atoms with Crippen LogP contribution in [0.4, 0.5) is 0 Å². The highest BCUT2D eigenvalue weighted by Crippen LogP contribution is 2.21. The van der Waals surface area contributed by atoms with E-state index in [-0.39, 0.29) is 17.2 Å². The number of thiophene rings is 1. The Morgan fingerprint density at radius 1 is 1.38 bits per heavy atom. The predicted molar refractivity (Wildman–Crippen MR) is 100 cm³/mol. The maximum Gasteiger partial charge on any atom is 0.331 e. The molecule has 0 amide bonds. The number of imidazole rings is 1. The molecule has 2 heterocycles. The number of fused-ring (bicyclic) bond motifs is 1. The van der Waals surface area contributed by atoms with Gasteiger partial charge < -0.3 is 14.8 Å². The summed E-state index contributed by atoms with van der Waals surface area (Å²) in [6.45, 7) is 1.49. The number of hydrogen-bond donors (Lipinski definition) is 2. The minimum atomic E-state index is -0.988. The number of benzene rings is 1. The van der Waals surface area contributed by atoms with Crippen LogP contribution in [0.3, 0.4) is 0 Å². The summed E-state index contributed by atoms with van der Waals surface area (Å²) in [5.74, 6) is -0.744. The monoisotopic (exact) mass is 365 g/mol. The van der Waals surface area contributed by atoms with Gasteiger partial charge in [0, 0.05) is 11.0 Å². The second-order valence-electron chi connectivity index (χ2n) is 5.40.